The molecule has 1 heterocycles. The van der Waals surface area contributed by atoms with Crippen molar-refractivity contribution in [2.45, 2.75) is 25.4 Å². The predicted molar refractivity (Wildman–Crippen MR) is 75.3 cm³/mol. The minimum Gasteiger partial charge on any atom is -0.326 e. The molecule has 0 saturated carbocycles. The third-order valence-corrected chi connectivity index (χ3v) is 3.74. The van der Waals surface area contributed by atoms with Crippen LogP contribution in [0.4, 0.5) is 18.9 Å². The van der Waals surface area contributed by atoms with Crippen molar-refractivity contribution in [3.05, 3.63) is 28.8 Å². The van der Waals surface area contributed by atoms with E-state index >= 15 is 0 Å². The van der Waals surface area contributed by atoms with E-state index in [4.69, 9.17) is 11.6 Å². The summed E-state index contributed by atoms with van der Waals surface area (Å²) in [7, 11) is 0. The van der Waals surface area contributed by atoms with E-state index in [-0.39, 0.29) is 17.1 Å². The van der Waals surface area contributed by atoms with Gasteiger partial charge in [-0.3, -0.25) is 4.79 Å². The number of alkyl halides is 3. The molecule has 3 nitrogen and oxygen atoms in total. The summed E-state index contributed by atoms with van der Waals surface area (Å²) in [6.45, 7) is 1.80. The minimum absolute atomic E-state index is 0.0163. The molecule has 1 aromatic rings. The Balaban J connectivity index is 1.99. The first-order valence-corrected chi connectivity index (χ1v) is 7.11. The van der Waals surface area contributed by atoms with E-state index in [1.165, 1.54) is 12.1 Å². The fourth-order valence-electron chi connectivity index (χ4n) is 2.37. The van der Waals surface area contributed by atoms with Crippen LogP contribution in [0.2, 0.25) is 5.02 Å². The molecule has 0 aromatic heterocycles. The highest BCUT2D eigenvalue weighted by molar-refractivity contribution is 6.30. The maximum Gasteiger partial charge on any atom is 0.418 e. The zero-order chi connectivity index (χ0) is 15.5. The highest BCUT2D eigenvalue weighted by atomic mass is 35.5. The van der Waals surface area contributed by atoms with E-state index in [0.29, 0.717) is 12.3 Å². The molecule has 2 rings (SSSR count). The Labute approximate surface area is 125 Å². The number of benzene rings is 1. The summed E-state index contributed by atoms with van der Waals surface area (Å²) in [5.41, 5.74) is -1.17. The molecule has 1 aliphatic rings. The second-order valence-corrected chi connectivity index (χ2v) is 5.57. The van der Waals surface area contributed by atoms with Crippen molar-refractivity contribution in [3.8, 4) is 0 Å². The first-order valence-electron chi connectivity index (χ1n) is 6.73. The summed E-state index contributed by atoms with van der Waals surface area (Å²) >= 11 is 5.59. The molecule has 7 heteroatoms. The van der Waals surface area contributed by atoms with Crippen LogP contribution >= 0.6 is 11.6 Å². The molecule has 1 saturated heterocycles. The van der Waals surface area contributed by atoms with Crippen molar-refractivity contribution in [1.29, 1.82) is 0 Å². The average molecular weight is 321 g/mol. The summed E-state index contributed by atoms with van der Waals surface area (Å²) in [5.74, 6) is 0.0118. The molecule has 0 bridgehead atoms. The Morgan fingerprint density at radius 2 is 2.19 bits per heavy atom. The lowest BCUT2D eigenvalue weighted by Gasteiger charge is -2.14. The van der Waals surface area contributed by atoms with E-state index in [9.17, 15) is 18.0 Å². The molecule has 1 atom stereocenters. The Morgan fingerprint density at radius 3 is 2.81 bits per heavy atom. The Morgan fingerprint density at radius 1 is 1.43 bits per heavy atom. The van der Waals surface area contributed by atoms with Crippen LogP contribution in [0.3, 0.4) is 0 Å². The van der Waals surface area contributed by atoms with Crippen LogP contribution < -0.4 is 10.6 Å². The molecular weight excluding hydrogens is 305 g/mol. The van der Waals surface area contributed by atoms with Crippen molar-refractivity contribution in [3.63, 3.8) is 0 Å². The Hall–Kier alpha value is -1.27. The number of halogens is 4. The molecular formula is C14H16ClF3N2O. The second kappa shape index (κ2) is 6.66. The molecule has 0 aliphatic carbocycles. The van der Waals surface area contributed by atoms with Crippen LogP contribution in [0.1, 0.15) is 24.8 Å². The van der Waals surface area contributed by atoms with Gasteiger partial charge >= 0.3 is 6.18 Å². The van der Waals surface area contributed by atoms with Gasteiger partial charge in [-0.05, 0) is 50.0 Å². The molecule has 21 heavy (non-hydrogen) atoms. The highest BCUT2D eigenvalue weighted by Crippen LogP contribution is 2.36. The summed E-state index contributed by atoms with van der Waals surface area (Å²) < 4.78 is 38.7. The third-order valence-electron chi connectivity index (χ3n) is 3.50. The van der Waals surface area contributed by atoms with Gasteiger partial charge in [0.15, 0.2) is 0 Å². The minimum atomic E-state index is -4.55. The molecule has 116 valence electrons. The molecule has 0 spiro atoms. The first kappa shape index (κ1) is 16.1. The average Bonchev–Trinajstić information content (AvgIpc) is 2.90. The maximum atomic E-state index is 12.9. The lowest BCUT2D eigenvalue weighted by molar-refractivity contribution is -0.137. The summed E-state index contributed by atoms with van der Waals surface area (Å²) in [5, 5.41) is 5.50. The van der Waals surface area contributed by atoms with Crippen LogP contribution in [0.15, 0.2) is 18.2 Å². The number of hydrogen-bond donors (Lipinski definition) is 2. The van der Waals surface area contributed by atoms with Crippen LogP contribution in [0.5, 0.6) is 0 Å². The van der Waals surface area contributed by atoms with Crippen molar-refractivity contribution in [1.82, 2.24) is 5.32 Å². The van der Waals surface area contributed by atoms with Gasteiger partial charge in [-0.1, -0.05) is 11.6 Å². The molecule has 2 N–H and O–H groups in total. The van der Waals surface area contributed by atoms with Gasteiger partial charge in [0.2, 0.25) is 5.91 Å². The largest absolute Gasteiger partial charge is 0.418 e. The van der Waals surface area contributed by atoms with Gasteiger partial charge in [-0.25, -0.2) is 0 Å². The van der Waals surface area contributed by atoms with E-state index in [2.05, 4.69) is 10.6 Å². The van der Waals surface area contributed by atoms with Crippen molar-refractivity contribution in [2.75, 3.05) is 18.4 Å². The van der Waals surface area contributed by atoms with Gasteiger partial charge in [-0.15, -0.1) is 0 Å². The number of carbonyl (C=O) groups is 1. The van der Waals surface area contributed by atoms with E-state index in [0.717, 1.165) is 25.6 Å². The highest BCUT2D eigenvalue weighted by Gasteiger charge is 2.34. The number of carbonyl (C=O) groups excluding carboxylic acids is 1. The van der Waals surface area contributed by atoms with Gasteiger partial charge in [0.05, 0.1) is 11.3 Å². The number of amides is 1. The fraction of sp³-hybridized carbons (Fsp3) is 0.500. The second-order valence-electron chi connectivity index (χ2n) is 5.13. The van der Waals surface area contributed by atoms with Crippen LogP contribution in [-0.2, 0) is 11.0 Å². The van der Waals surface area contributed by atoms with E-state index in [1.807, 2.05) is 0 Å². The van der Waals surface area contributed by atoms with Gasteiger partial charge in [0, 0.05) is 11.4 Å². The standard InChI is InChI=1S/C14H16ClF3N2O/c15-10-2-3-12(11(7-10)14(16,17)18)20-13(21)4-1-9-5-6-19-8-9/h2-3,7,9,19H,1,4-6,8H2,(H,20,21). The molecule has 0 radical (unpaired) electrons. The lowest BCUT2D eigenvalue weighted by atomic mass is 10.0. The predicted octanol–water partition coefficient (Wildman–Crippen LogP) is 3.69. The van der Waals surface area contributed by atoms with E-state index < -0.39 is 17.6 Å². The molecule has 1 aromatic carbocycles. The SMILES string of the molecule is O=C(CCC1CCNC1)Nc1ccc(Cl)cc1C(F)(F)F. The number of anilines is 1. The summed E-state index contributed by atoms with van der Waals surface area (Å²) in [6.07, 6.45) is -2.66. The van der Waals surface area contributed by atoms with Crippen molar-refractivity contribution < 1.29 is 18.0 Å². The Kier molecular flexibility index (Phi) is 5.11. The quantitative estimate of drug-likeness (QED) is 0.888. The van der Waals surface area contributed by atoms with Gasteiger partial charge in [0.25, 0.3) is 0 Å². The monoisotopic (exact) mass is 320 g/mol. The zero-order valence-electron chi connectivity index (χ0n) is 11.3. The maximum absolute atomic E-state index is 12.9. The molecule has 1 amide bonds. The topological polar surface area (TPSA) is 41.1 Å². The third kappa shape index (κ3) is 4.61. The van der Waals surface area contributed by atoms with Crippen LogP contribution in [0, 0.1) is 5.92 Å². The number of rotatable bonds is 4. The van der Waals surface area contributed by atoms with Gasteiger partial charge in [0.1, 0.15) is 0 Å². The van der Waals surface area contributed by atoms with Crippen LogP contribution in [0.25, 0.3) is 0 Å². The van der Waals surface area contributed by atoms with Gasteiger partial charge < -0.3 is 10.6 Å². The molecule has 1 aliphatic heterocycles. The molecule has 1 fully saturated rings. The van der Waals surface area contributed by atoms with Crippen molar-refractivity contribution >= 4 is 23.2 Å². The Bertz CT molecular complexity index is 513. The summed E-state index contributed by atoms with van der Waals surface area (Å²) in [6, 6.07) is 3.32. The molecule has 1 unspecified atom stereocenters. The van der Waals surface area contributed by atoms with Gasteiger partial charge in [-0.2, -0.15) is 13.2 Å². The first-order chi connectivity index (χ1) is 9.86. The fourth-order valence-corrected chi connectivity index (χ4v) is 2.54. The van der Waals surface area contributed by atoms with Crippen molar-refractivity contribution in [2.24, 2.45) is 5.92 Å². The lowest BCUT2D eigenvalue weighted by Crippen LogP contribution is -2.18. The van der Waals surface area contributed by atoms with E-state index in [1.54, 1.807) is 0 Å². The smallest absolute Gasteiger partial charge is 0.326 e. The van der Waals surface area contributed by atoms with Crippen LogP contribution in [-0.4, -0.2) is 19.0 Å². The zero-order valence-corrected chi connectivity index (χ0v) is 12.0. The number of hydrogen-bond acceptors (Lipinski definition) is 2. The normalized spacial score (nSPS) is 18.8. The number of nitrogens with one attached hydrogen (secondary N) is 2. The summed E-state index contributed by atoms with van der Waals surface area (Å²) in [4.78, 5) is 11.8.